The van der Waals surface area contributed by atoms with Crippen LogP contribution in [-0.4, -0.2) is 51.2 Å². The minimum Gasteiger partial charge on any atom is -0.381 e. The molecule has 4 atom stereocenters. The van der Waals surface area contributed by atoms with Gasteiger partial charge in [0.25, 0.3) is 0 Å². The lowest BCUT2D eigenvalue weighted by molar-refractivity contribution is -0.152. The van der Waals surface area contributed by atoms with Crippen molar-refractivity contribution in [3.8, 4) is 0 Å². The summed E-state index contributed by atoms with van der Waals surface area (Å²) in [5, 5.41) is 3.47. The molecule has 1 aliphatic carbocycles. The van der Waals surface area contributed by atoms with E-state index < -0.39 is 0 Å². The number of hydrogen-bond acceptors (Lipinski definition) is 4. The molecule has 0 bridgehead atoms. The van der Waals surface area contributed by atoms with Gasteiger partial charge in [-0.1, -0.05) is 13.8 Å². The Balaban J connectivity index is 1.69. The third-order valence-electron chi connectivity index (χ3n) is 3.80. The molecule has 1 saturated heterocycles. The largest absolute Gasteiger partial charge is 0.381 e. The number of nitrogens with one attached hydrogen (secondary N) is 1. The van der Waals surface area contributed by atoms with Crippen LogP contribution in [0.25, 0.3) is 0 Å². The summed E-state index contributed by atoms with van der Waals surface area (Å²) in [6.45, 7) is 8.71. The van der Waals surface area contributed by atoms with Crippen LogP contribution in [0.5, 0.6) is 0 Å². The number of hydrogen-bond donors (Lipinski definition) is 1. The summed E-state index contributed by atoms with van der Waals surface area (Å²) in [6, 6.07) is 0.478. The second-order valence-corrected chi connectivity index (χ2v) is 5.34. The maximum Gasteiger partial charge on any atom is 0.0990 e. The maximum atomic E-state index is 6.00. The van der Waals surface area contributed by atoms with Gasteiger partial charge in [-0.2, -0.15) is 0 Å². The van der Waals surface area contributed by atoms with Crippen LogP contribution >= 0.6 is 0 Å². The van der Waals surface area contributed by atoms with Gasteiger partial charge >= 0.3 is 0 Å². The Kier molecular flexibility index (Phi) is 5.89. The zero-order valence-electron chi connectivity index (χ0n) is 11.7. The van der Waals surface area contributed by atoms with Gasteiger partial charge < -0.3 is 19.5 Å². The topological polar surface area (TPSA) is 39.7 Å². The van der Waals surface area contributed by atoms with E-state index in [1.165, 1.54) is 0 Å². The molecule has 1 saturated carbocycles. The average Bonchev–Trinajstić information content (AvgIpc) is 2.86. The fourth-order valence-electron chi connectivity index (χ4n) is 2.66. The molecule has 0 radical (unpaired) electrons. The summed E-state index contributed by atoms with van der Waals surface area (Å²) in [5.74, 6) is 0.593. The molecule has 1 heterocycles. The smallest absolute Gasteiger partial charge is 0.0990 e. The van der Waals surface area contributed by atoms with Crippen molar-refractivity contribution in [2.24, 2.45) is 5.92 Å². The Morgan fingerprint density at radius 2 is 2.17 bits per heavy atom. The van der Waals surface area contributed by atoms with E-state index >= 15 is 0 Å². The van der Waals surface area contributed by atoms with Crippen LogP contribution in [0.1, 0.15) is 33.1 Å². The fourth-order valence-corrected chi connectivity index (χ4v) is 2.66. The first-order valence-electron chi connectivity index (χ1n) is 7.39. The Bertz CT molecular complexity index is 231. The van der Waals surface area contributed by atoms with Gasteiger partial charge in [0.05, 0.1) is 25.4 Å². The molecular weight excluding hydrogens is 230 g/mol. The molecule has 0 amide bonds. The van der Waals surface area contributed by atoms with E-state index in [4.69, 9.17) is 14.2 Å². The Morgan fingerprint density at radius 1 is 1.28 bits per heavy atom. The van der Waals surface area contributed by atoms with Crippen LogP contribution in [0.3, 0.4) is 0 Å². The molecule has 0 aromatic heterocycles. The minimum absolute atomic E-state index is 0.243. The molecular formula is C14H27NO3. The van der Waals surface area contributed by atoms with Crippen molar-refractivity contribution in [1.29, 1.82) is 0 Å². The summed E-state index contributed by atoms with van der Waals surface area (Å²) in [7, 11) is 0. The van der Waals surface area contributed by atoms with E-state index in [1.807, 2.05) is 0 Å². The molecule has 4 nitrogen and oxygen atoms in total. The number of ether oxygens (including phenoxy) is 3. The van der Waals surface area contributed by atoms with Gasteiger partial charge in [-0.3, -0.25) is 0 Å². The highest BCUT2D eigenvalue weighted by atomic mass is 16.5. The Labute approximate surface area is 110 Å². The lowest BCUT2D eigenvalue weighted by atomic mass is 9.85. The maximum absolute atomic E-state index is 6.00. The van der Waals surface area contributed by atoms with Crippen LogP contribution in [0.2, 0.25) is 0 Å². The normalized spacial score (nSPS) is 35.7. The molecule has 106 valence electrons. The van der Waals surface area contributed by atoms with Crippen molar-refractivity contribution in [2.75, 3.05) is 33.0 Å². The summed E-state index contributed by atoms with van der Waals surface area (Å²) in [6.07, 6.45) is 3.81. The van der Waals surface area contributed by atoms with Crippen molar-refractivity contribution in [3.05, 3.63) is 0 Å². The van der Waals surface area contributed by atoms with Gasteiger partial charge in [-0.25, -0.2) is 0 Å². The lowest BCUT2D eigenvalue weighted by Gasteiger charge is -2.44. The van der Waals surface area contributed by atoms with Gasteiger partial charge in [-0.15, -0.1) is 0 Å². The molecule has 1 N–H and O–H groups in total. The van der Waals surface area contributed by atoms with Crippen LogP contribution in [0.15, 0.2) is 0 Å². The second kappa shape index (κ2) is 7.43. The molecule has 2 aliphatic rings. The molecule has 4 heteroatoms. The monoisotopic (exact) mass is 257 g/mol. The molecule has 0 spiro atoms. The minimum atomic E-state index is 0.243. The van der Waals surface area contributed by atoms with Crippen molar-refractivity contribution in [2.45, 2.75) is 51.4 Å². The van der Waals surface area contributed by atoms with Crippen LogP contribution in [0.4, 0.5) is 0 Å². The van der Waals surface area contributed by atoms with E-state index in [1.54, 1.807) is 0 Å². The predicted molar refractivity (Wildman–Crippen MR) is 70.8 cm³/mol. The van der Waals surface area contributed by atoms with Gasteiger partial charge in [0.15, 0.2) is 0 Å². The van der Waals surface area contributed by atoms with Gasteiger partial charge in [0.2, 0.25) is 0 Å². The van der Waals surface area contributed by atoms with Crippen molar-refractivity contribution >= 4 is 0 Å². The highest BCUT2D eigenvalue weighted by Crippen LogP contribution is 2.28. The summed E-state index contributed by atoms with van der Waals surface area (Å²) in [5.41, 5.74) is 0. The molecule has 2 fully saturated rings. The quantitative estimate of drug-likeness (QED) is 0.717. The summed E-state index contributed by atoms with van der Waals surface area (Å²) < 4.78 is 17.3. The van der Waals surface area contributed by atoms with E-state index in [0.717, 1.165) is 52.2 Å². The van der Waals surface area contributed by atoms with Crippen molar-refractivity contribution in [1.82, 2.24) is 5.32 Å². The van der Waals surface area contributed by atoms with Gasteiger partial charge in [0, 0.05) is 25.2 Å². The zero-order valence-corrected chi connectivity index (χ0v) is 11.7. The van der Waals surface area contributed by atoms with E-state index in [2.05, 4.69) is 19.2 Å². The standard InChI is InChI=1S/C14H27NO3/c1-3-6-17-14-12(15-4-2)8-13(14)18-10-11-5-7-16-9-11/h11-15H,3-10H2,1-2H3. The van der Waals surface area contributed by atoms with E-state index in [0.29, 0.717) is 12.0 Å². The molecule has 2 rings (SSSR count). The summed E-state index contributed by atoms with van der Waals surface area (Å²) >= 11 is 0. The lowest BCUT2D eigenvalue weighted by Crippen LogP contribution is -2.60. The molecule has 18 heavy (non-hydrogen) atoms. The molecule has 1 aliphatic heterocycles. The predicted octanol–water partition coefficient (Wildman–Crippen LogP) is 1.59. The van der Waals surface area contributed by atoms with Gasteiger partial charge in [0.1, 0.15) is 0 Å². The van der Waals surface area contributed by atoms with E-state index in [-0.39, 0.29) is 12.2 Å². The Morgan fingerprint density at radius 3 is 2.83 bits per heavy atom. The van der Waals surface area contributed by atoms with Gasteiger partial charge in [-0.05, 0) is 25.8 Å². The zero-order chi connectivity index (χ0) is 12.8. The SMILES string of the molecule is CCCOC1C(NCC)CC1OCC1CCOC1. The highest BCUT2D eigenvalue weighted by molar-refractivity contribution is 4.97. The van der Waals surface area contributed by atoms with Crippen molar-refractivity contribution < 1.29 is 14.2 Å². The number of likely N-dealkylation sites (N-methyl/N-ethyl adjacent to an activating group) is 1. The summed E-state index contributed by atoms with van der Waals surface area (Å²) in [4.78, 5) is 0. The second-order valence-electron chi connectivity index (χ2n) is 5.34. The molecule has 4 unspecified atom stereocenters. The van der Waals surface area contributed by atoms with Crippen molar-refractivity contribution in [3.63, 3.8) is 0 Å². The first-order valence-corrected chi connectivity index (χ1v) is 7.39. The Hall–Kier alpha value is -0.160. The first-order chi connectivity index (χ1) is 8.85. The third-order valence-corrected chi connectivity index (χ3v) is 3.80. The average molecular weight is 257 g/mol. The third kappa shape index (κ3) is 3.67. The van der Waals surface area contributed by atoms with Crippen LogP contribution < -0.4 is 5.32 Å². The number of rotatable bonds is 8. The van der Waals surface area contributed by atoms with Crippen LogP contribution in [0, 0.1) is 5.92 Å². The first kappa shape index (κ1) is 14.3. The highest BCUT2D eigenvalue weighted by Gasteiger charge is 2.42. The van der Waals surface area contributed by atoms with E-state index in [9.17, 15) is 0 Å². The van der Waals surface area contributed by atoms with Crippen LogP contribution in [-0.2, 0) is 14.2 Å². The molecule has 0 aromatic rings. The molecule has 0 aromatic carbocycles. The fraction of sp³-hybridized carbons (Fsp3) is 1.00.